The normalized spacial score (nSPS) is 16.5. The number of aryl methyl sites for hydroxylation is 1. The molecular weight excluding hydrogens is 314 g/mol. The van der Waals surface area contributed by atoms with Crippen LogP contribution in [0.5, 0.6) is 0 Å². The number of para-hydroxylation sites is 1. The van der Waals surface area contributed by atoms with Crippen molar-refractivity contribution < 1.29 is 9.59 Å². The molecule has 0 aliphatic carbocycles. The highest BCUT2D eigenvalue weighted by atomic mass is 16.2. The van der Waals surface area contributed by atoms with Crippen molar-refractivity contribution in [1.82, 2.24) is 10.2 Å². The van der Waals surface area contributed by atoms with E-state index in [2.05, 4.69) is 10.6 Å². The summed E-state index contributed by atoms with van der Waals surface area (Å²) in [6.07, 6.45) is 1.53. The van der Waals surface area contributed by atoms with Gasteiger partial charge in [-0.25, -0.2) is 4.79 Å². The minimum absolute atomic E-state index is 0.0960. The first-order valence-corrected chi connectivity index (χ1v) is 8.60. The first-order chi connectivity index (χ1) is 12.1. The van der Waals surface area contributed by atoms with E-state index in [0.717, 1.165) is 23.2 Å². The highest BCUT2D eigenvalue weighted by molar-refractivity contribution is 5.94. The van der Waals surface area contributed by atoms with E-state index < -0.39 is 6.04 Å². The summed E-state index contributed by atoms with van der Waals surface area (Å²) in [4.78, 5) is 26.7. The molecule has 5 heteroatoms. The second kappa shape index (κ2) is 7.83. The molecule has 0 radical (unpaired) electrons. The van der Waals surface area contributed by atoms with Crippen molar-refractivity contribution in [2.75, 3.05) is 11.9 Å². The van der Waals surface area contributed by atoms with E-state index in [1.54, 1.807) is 4.90 Å². The van der Waals surface area contributed by atoms with Crippen LogP contribution < -0.4 is 10.6 Å². The Morgan fingerprint density at radius 1 is 1.08 bits per heavy atom. The van der Waals surface area contributed by atoms with Crippen LogP contribution in [0.4, 0.5) is 10.5 Å². The lowest BCUT2D eigenvalue weighted by atomic mass is 10.2. The Balaban J connectivity index is 1.60. The van der Waals surface area contributed by atoms with Gasteiger partial charge in [0, 0.05) is 18.8 Å². The largest absolute Gasteiger partial charge is 0.350 e. The molecule has 1 aliphatic rings. The minimum atomic E-state index is -0.410. The van der Waals surface area contributed by atoms with Gasteiger partial charge in [-0.1, -0.05) is 48.5 Å². The minimum Gasteiger partial charge on any atom is -0.350 e. The number of nitrogens with zero attached hydrogens (tertiary/aromatic N) is 1. The summed E-state index contributed by atoms with van der Waals surface area (Å²) in [5.74, 6) is -0.0960. The van der Waals surface area contributed by atoms with Gasteiger partial charge in [-0.15, -0.1) is 0 Å². The number of carbonyl (C=O) groups is 2. The molecule has 3 rings (SSSR count). The second-order valence-corrected chi connectivity index (χ2v) is 6.30. The average molecular weight is 337 g/mol. The van der Waals surface area contributed by atoms with E-state index in [1.165, 1.54) is 0 Å². The molecule has 1 heterocycles. The Bertz CT molecular complexity index is 746. The van der Waals surface area contributed by atoms with Gasteiger partial charge in [0.05, 0.1) is 0 Å². The summed E-state index contributed by atoms with van der Waals surface area (Å²) >= 11 is 0. The summed E-state index contributed by atoms with van der Waals surface area (Å²) in [7, 11) is 0. The maximum absolute atomic E-state index is 12.6. The summed E-state index contributed by atoms with van der Waals surface area (Å²) in [6, 6.07) is 16.8. The third kappa shape index (κ3) is 4.18. The quantitative estimate of drug-likeness (QED) is 0.899. The van der Waals surface area contributed by atoms with E-state index in [1.807, 2.05) is 61.5 Å². The third-order valence-corrected chi connectivity index (χ3v) is 4.51. The first-order valence-electron chi connectivity index (χ1n) is 8.60. The Morgan fingerprint density at radius 3 is 2.56 bits per heavy atom. The molecule has 1 fully saturated rings. The molecule has 0 aromatic heterocycles. The van der Waals surface area contributed by atoms with Crippen molar-refractivity contribution in [3.63, 3.8) is 0 Å². The molecule has 130 valence electrons. The van der Waals surface area contributed by atoms with Crippen LogP contribution in [0, 0.1) is 6.92 Å². The Labute approximate surface area is 148 Å². The average Bonchev–Trinajstić information content (AvgIpc) is 3.12. The number of nitrogens with one attached hydrogen (secondary N) is 2. The van der Waals surface area contributed by atoms with Gasteiger partial charge < -0.3 is 15.5 Å². The van der Waals surface area contributed by atoms with E-state index in [9.17, 15) is 9.59 Å². The lowest BCUT2D eigenvalue weighted by Crippen LogP contribution is -2.47. The fourth-order valence-electron chi connectivity index (χ4n) is 3.09. The molecule has 0 bridgehead atoms. The van der Waals surface area contributed by atoms with Crippen LogP contribution >= 0.6 is 0 Å². The van der Waals surface area contributed by atoms with Crippen molar-refractivity contribution in [2.24, 2.45) is 0 Å². The van der Waals surface area contributed by atoms with Crippen molar-refractivity contribution in [2.45, 2.75) is 32.4 Å². The van der Waals surface area contributed by atoms with Gasteiger partial charge in [0.2, 0.25) is 5.91 Å². The van der Waals surface area contributed by atoms with Gasteiger partial charge >= 0.3 is 6.03 Å². The van der Waals surface area contributed by atoms with Crippen molar-refractivity contribution in [3.05, 3.63) is 65.7 Å². The molecule has 1 atom stereocenters. The van der Waals surface area contributed by atoms with Crippen LogP contribution in [-0.4, -0.2) is 29.4 Å². The first kappa shape index (κ1) is 17.0. The zero-order valence-corrected chi connectivity index (χ0v) is 14.4. The highest BCUT2D eigenvalue weighted by Crippen LogP contribution is 2.20. The number of hydrogen-bond donors (Lipinski definition) is 2. The van der Waals surface area contributed by atoms with E-state index in [-0.39, 0.29) is 11.9 Å². The van der Waals surface area contributed by atoms with Gasteiger partial charge in [-0.3, -0.25) is 4.79 Å². The standard InChI is InChI=1S/C20H23N3O2/c1-15-8-5-6-11-17(15)22-20(25)23-13-7-12-18(23)19(24)21-14-16-9-3-2-4-10-16/h2-6,8-11,18H,7,12-14H2,1H3,(H,21,24)(H,22,25)/t18-/m1/s1. The van der Waals surface area contributed by atoms with Crippen LogP contribution in [-0.2, 0) is 11.3 Å². The number of benzene rings is 2. The number of hydrogen-bond acceptors (Lipinski definition) is 2. The lowest BCUT2D eigenvalue weighted by Gasteiger charge is -2.24. The molecule has 2 aromatic rings. The number of likely N-dealkylation sites (tertiary alicyclic amines) is 1. The molecule has 2 N–H and O–H groups in total. The number of urea groups is 1. The van der Waals surface area contributed by atoms with Crippen molar-refractivity contribution in [1.29, 1.82) is 0 Å². The number of anilines is 1. The summed E-state index contributed by atoms with van der Waals surface area (Å²) in [5.41, 5.74) is 2.83. The Hall–Kier alpha value is -2.82. The third-order valence-electron chi connectivity index (χ3n) is 4.51. The number of rotatable bonds is 4. The zero-order chi connectivity index (χ0) is 17.6. The predicted octanol–water partition coefficient (Wildman–Crippen LogP) is 3.31. The SMILES string of the molecule is Cc1ccccc1NC(=O)N1CCC[C@@H]1C(=O)NCc1ccccc1. The fourth-order valence-corrected chi connectivity index (χ4v) is 3.09. The van der Waals surface area contributed by atoms with Gasteiger partial charge in [-0.05, 0) is 37.0 Å². The fraction of sp³-hybridized carbons (Fsp3) is 0.300. The highest BCUT2D eigenvalue weighted by Gasteiger charge is 2.34. The summed E-state index contributed by atoms with van der Waals surface area (Å²) in [5, 5.41) is 5.86. The van der Waals surface area contributed by atoms with Crippen molar-refractivity contribution in [3.8, 4) is 0 Å². The molecule has 25 heavy (non-hydrogen) atoms. The predicted molar refractivity (Wildman–Crippen MR) is 98.2 cm³/mol. The van der Waals surface area contributed by atoms with E-state index in [4.69, 9.17) is 0 Å². The van der Waals surface area contributed by atoms with E-state index in [0.29, 0.717) is 19.5 Å². The molecule has 0 saturated carbocycles. The zero-order valence-electron chi connectivity index (χ0n) is 14.4. The lowest BCUT2D eigenvalue weighted by molar-refractivity contribution is -0.124. The molecule has 3 amide bonds. The van der Waals surface area contributed by atoms with Crippen LogP contribution in [0.25, 0.3) is 0 Å². The van der Waals surface area contributed by atoms with E-state index >= 15 is 0 Å². The molecule has 5 nitrogen and oxygen atoms in total. The van der Waals surface area contributed by atoms with Crippen LogP contribution in [0.1, 0.15) is 24.0 Å². The van der Waals surface area contributed by atoms with Crippen LogP contribution in [0.2, 0.25) is 0 Å². The monoisotopic (exact) mass is 337 g/mol. The van der Waals surface area contributed by atoms with Gasteiger partial charge in [-0.2, -0.15) is 0 Å². The summed E-state index contributed by atoms with van der Waals surface area (Å²) in [6.45, 7) is 3.02. The topological polar surface area (TPSA) is 61.4 Å². The molecule has 1 saturated heterocycles. The van der Waals surface area contributed by atoms with Gasteiger partial charge in [0.15, 0.2) is 0 Å². The smallest absolute Gasteiger partial charge is 0.322 e. The Kier molecular flexibility index (Phi) is 5.33. The van der Waals surface area contributed by atoms with Crippen LogP contribution in [0.3, 0.4) is 0 Å². The maximum atomic E-state index is 12.6. The van der Waals surface area contributed by atoms with Crippen LogP contribution in [0.15, 0.2) is 54.6 Å². The number of carbonyl (C=O) groups excluding carboxylic acids is 2. The van der Waals surface area contributed by atoms with Gasteiger partial charge in [0.1, 0.15) is 6.04 Å². The van der Waals surface area contributed by atoms with Crippen molar-refractivity contribution >= 4 is 17.6 Å². The molecule has 0 spiro atoms. The molecular formula is C20H23N3O2. The maximum Gasteiger partial charge on any atom is 0.322 e. The molecule has 2 aromatic carbocycles. The molecule has 1 aliphatic heterocycles. The molecule has 0 unspecified atom stereocenters. The summed E-state index contributed by atoms with van der Waals surface area (Å²) < 4.78 is 0. The Morgan fingerprint density at radius 2 is 1.80 bits per heavy atom. The second-order valence-electron chi connectivity index (χ2n) is 6.30. The van der Waals surface area contributed by atoms with Gasteiger partial charge in [0.25, 0.3) is 0 Å². The number of amides is 3.